The Hall–Kier alpha value is -2.54. The van der Waals surface area contributed by atoms with Crippen LogP contribution in [0.3, 0.4) is 0 Å². The molecule has 1 aromatic carbocycles. The van der Waals surface area contributed by atoms with E-state index in [4.69, 9.17) is 11.0 Å². The Morgan fingerprint density at radius 1 is 1.33 bits per heavy atom. The summed E-state index contributed by atoms with van der Waals surface area (Å²) >= 11 is 0. The van der Waals surface area contributed by atoms with Crippen LogP contribution in [0.25, 0.3) is 11.4 Å². The van der Waals surface area contributed by atoms with Gasteiger partial charge in [0, 0.05) is 11.6 Å². The van der Waals surface area contributed by atoms with E-state index >= 15 is 0 Å². The van der Waals surface area contributed by atoms with Crippen LogP contribution in [-0.2, 0) is 0 Å². The summed E-state index contributed by atoms with van der Waals surface area (Å²) in [4.78, 5) is 0. The Balaban J connectivity index is 2.59. The molecule has 0 saturated carbocycles. The van der Waals surface area contributed by atoms with Crippen molar-refractivity contribution in [2.45, 2.75) is 13.8 Å². The topological polar surface area (TPSA) is 67.6 Å². The third-order valence-electron chi connectivity index (χ3n) is 2.80. The summed E-state index contributed by atoms with van der Waals surface area (Å²) < 4.78 is 1.84. The van der Waals surface area contributed by atoms with Gasteiger partial charge in [-0.3, -0.25) is 0 Å². The van der Waals surface area contributed by atoms with Crippen LogP contribution in [0, 0.1) is 25.2 Å². The van der Waals surface area contributed by atoms with Crippen LogP contribution in [0.5, 0.6) is 0 Å². The summed E-state index contributed by atoms with van der Waals surface area (Å²) in [6.07, 6.45) is 1.34. The van der Waals surface area contributed by atoms with Crippen LogP contribution in [0.4, 0.5) is 0 Å². The van der Waals surface area contributed by atoms with Gasteiger partial charge in [-0.1, -0.05) is 18.2 Å². The molecule has 2 rings (SSSR count). The molecule has 0 aliphatic carbocycles. The van der Waals surface area contributed by atoms with Gasteiger partial charge in [-0.2, -0.15) is 10.4 Å². The lowest BCUT2D eigenvalue weighted by atomic mass is 10.1. The van der Waals surface area contributed by atoms with Crippen LogP contribution < -0.4 is 5.73 Å². The third kappa shape index (κ3) is 1.98. The molecule has 0 aliphatic rings. The molecular formula is C14H14N4. The number of nitrogens with two attached hydrogens (primary N) is 1. The van der Waals surface area contributed by atoms with E-state index in [1.165, 1.54) is 6.08 Å². The average Bonchev–Trinajstić information content (AvgIpc) is 2.66. The molecule has 4 heteroatoms. The largest absolute Gasteiger partial charge is 0.398 e. The maximum absolute atomic E-state index is 8.67. The number of hydrogen-bond donors (Lipinski definition) is 1. The van der Waals surface area contributed by atoms with Crippen molar-refractivity contribution in [2.24, 2.45) is 5.73 Å². The quantitative estimate of drug-likeness (QED) is 0.816. The molecule has 1 heterocycles. The summed E-state index contributed by atoms with van der Waals surface area (Å²) in [6.45, 7) is 3.83. The SMILES string of the molecule is Cc1nn(-c2ccccc2)c(C)c1/C(N)=C/C#N. The Morgan fingerprint density at radius 2 is 2.00 bits per heavy atom. The first-order chi connectivity index (χ1) is 8.65. The normalized spacial score (nSPS) is 11.3. The Bertz CT molecular complexity index is 630. The summed E-state index contributed by atoms with van der Waals surface area (Å²) in [5, 5.41) is 13.1. The Kier molecular flexibility index (Phi) is 3.16. The van der Waals surface area contributed by atoms with Crippen molar-refractivity contribution < 1.29 is 0 Å². The lowest BCUT2D eigenvalue weighted by Gasteiger charge is -2.04. The van der Waals surface area contributed by atoms with Gasteiger partial charge in [0.15, 0.2) is 0 Å². The molecule has 0 fully saturated rings. The second kappa shape index (κ2) is 4.76. The fourth-order valence-corrected chi connectivity index (χ4v) is 2.02. The van der Waals surface area contributed by atoms with Gasteiger partial charge in [0.1, 0.15) is 0 Å². The van der Waals surface area contributed by atoms with Crippen molar-refractivity contribution in [3.05, 3.63) is 53.4 Å². The zero-order chi connectivity index (χ0) is 13.1. The van der Waals surface area contributed by atoms with E-state index in [1.54, 1.807) is 0 Å². The predicted molar refractivity (Wildman–Crippen MR) is 70.8 cm³/mol. The van der Waals surface area contributed by atoms with E-state index in [0.29, 0.717) is 5.70 Å². The highest BCUT2D eigenvalue weighted by atomic mass is 15.3. The molecule has 2 N–H and O–H groups in total. The van der Waals surface area contributed by atoms with E-state index in [9.17, 15) is 0 Å². The molecule has 90 valence electrons. The average molecular weight is 238 g/mol. The highest BCUT2D eigenvalue weighted by Crippen LogP contribution is 2.21. The molecule has 0 saturated heterocycles. The maximum Gasteiger partial charge on any atom is 0.0933 e. The second-order valence-corrected chi connectivity index (χ2v) is 4.02. The number of aryl methyl sites for hydroxylation is 1. The number of hydrogen-bond acceptors (Lipinski definition) is 3. The lowest BCUT2D eigenvalue weighted by Crippen LogP contribution is -2.01. The first kappa shape index (κ1) is 11.9. The molecule has 2 aromatic rings. The summed E-state index contributed by atoms with van der Waals surface area (Å²) in [6, 6.07) is 11.8. The Morgan fingerprint density at radius 3 is 2.61 bits per heavy atom. The van der Waals surface area contributed by atoms with Crippen LogP contribution in [0.1, 0.15) is 17.0 Å². The van der Waals surface area contributed by atoms with Crippen LogP contribution >= 0.6 is 0 Å². The fraction of sp³-hybridized carbons (Fsp3) is 0.143. The molecule has 0 radical (unpaired) electrons. The zero-order valence-electron chi connectivity index (χ0n) is 10.4. The van der Waals surface area contributed by atoms with Crippen molar-refractivity contribution in [1.82, 2.24) is 9.78 Å². The van der Waals surface area contributed by atoms with Gasteiger partial charge in [-0.05, 0) is 26.0 Å². The van der Waals surface area contributed by atoms with Gasteiger partial charge in [-0.15, -0.1) is 0 Å². The smallest absolute Gasteiger partial charge is 0.0933 e. The third-order valence-corrected chi connectivity index (χ3v) is 2.80. The van der Waals surface area contributed by atoms with Gasteiger partial charge >= 0.3 is 0 Å². The van der Waals surface area contributed by atoms with Crippen molar-refractivity contribution in [1.29, 1.82) is 5.26 Å². The number of nitrogens with zero attached hydrogens (tertiary/aromatic N) is 3. The van der Waals surface area contributed by atoms with Crippen LogP contribution in [-0.4, -0.2) is 9.78 Å². The summed E-state index contributed by atoms with van der Waals surface area (Å²) in [5.41, 5.74) is 9.90. The van der Waals surface area contributed by atoms with Gasteiger partial charge in [0.05, 0.1) is 28.8 Å². The van der Waals surface area contributed by atoms with Crippen molar-refractivity contribution in [3.63, 3.8) is 0 Å². The predicted octanol–water partition coefficient (Wildman–Crippen LogP) is 2.31. The maximum atomic E-state index is 8.67. The number of rotatable bonds is 2. The lowest BCUT2D eigenvalue weighted by molar-refractivity contribution is 0.833. The summed E-state index contributed by atoms with van der Waals surface area (Å²) in [5.74, 6) is 0. The van der Waals surface area contributed by atoms with Crippen LogP contribution in [0.15, 0.2) is 36.4 Å². The minimum atomic E-state index is 0.453. The van der Waals surface area contributed by atoms with Gasteiger partial charge in [-0.25, -0.2) is 4.68 Å². The van der Waals surface area contributed by atoms with E-state index in [0.717, 1.165) is 22.6 Å². The van der Waals surface area contributed by atoms with E-state index in [1.807, 2.05) is 54.9 Å². The molecular weight excluding hydrogens is 224 g/mol. The molecule has 0 spiro atoms. The molecule has 18 heavy (non-hydrogen) atoms. The number of para-hydroxylation sites is 1. The molecule has 4 nitrogen and oxygen atoms in total. The number of allylic oxidation sites excluding steroid dienone is 1. The van der Waals surface area contributed by atoms with Crippen molar-refractivity contribution >= 4 is 5.70 Å². The standard InChI is InChI=1S/C14H14N4/c1-10-14(13(16)8-9-15)11(2)18(17-10)12-6-4-3-5-7-12/h3-8H,16H2,1-2H3/b13-8-. The summed E-state index contributed by atoms with van der Waals surface area (Å²) in [7, 11) is 0. The van der Waals surface area contributed by atoms with E-state index in [-0.39, 0.29) is 0 Å². The number of nitriles is 1. The number of aromatic nitrogens is 2. The highest BCUT2D eigenvalue weighted by Gasteiger charge is 2.14. The molecule has 0 atom stereocenters. The van der Waals surface area contributed by atoms with Gasteiger partial charge in [0.2, 0.25) is 0 Å². The second-order valence-electron chi connectivity index (χ2n) is 4.02. The minimum absolute atomic E-state index is 0.453. The van der Waals surface area contributed by atoms with E-state index < -0.39 is 0 Å². The number of benzene rings is 1. The Labute approximate surface area is 106 Å². The monoisotopic (exact) mass is 238 g/mol. The first-order valence-corrected chi connectivity index (χ1v) is 5.62. The highest BCUT2D eigenvalue weighted by molar-refractivity contribution is 5.68. The zero-order valence-corrected chi connectivity index (χ0v) is 10.4. The van der Waals surface area contributed by atoms with Gasteiger partial charge in [0.25, 0.3) is 0 Å². The van der Waals surface area contributed by atoms with E-state index in [2.05, 4.69) is 5.10 Å². The first-order valence-electron chi connectivity index (χ1n) is 5.62. The minimum Gasteiger partial charge on any atom is -0.398 e. The van der Waals surface area contributed by atoms with Gasteiger partial charge < -0.3 is 5.73 Å². The molecule has 0 bridgehead atoms. The molecule has 0 unspecified atom stereocenters. The van der Waals surface area contributed by atoms with Crippen molar-refractivity contribution in [2.75, 3.05) is 0 Å². The fourth-order valence-electron chi connectivity index (χ4n) is 2.02. The van der Waals surface area contributed by atoms with Crippen LogP contribution in [0.2, 0.25) is 0 Å². The molecule has 1 aromatic heterocycles. The molecule has 0 amide bonds. The van der Waals surface area contributed by atoms with Crippen molar-refractivity contribution in [3.8, 4) is 11.8 Å². The molecule has 0 aliphatic heterocycles.